The van der Waals surface area contributed by atoms with Gasteiger partial charge in [-0.1, -0.05) is 0 Å². The summed E-state index contributed by atoms with van der Waals surface area (Å²) in [6.07, 6.45) is 0. The van der Waals surface area contributed by atoms with Gasteiger partial charge in [0.1, 0.15) is 6.04 Å². The molecule has 0 aromatic rings. The van der Waals surface area contributed by atoms with E-state index in [1.807, 2.05) is 0 Å². The van der Waals surface area contributed by atoms with Gasteiger partial charge in [0.25, 0.3) is 0 Å². The number of hydrogen-bond acceptors (Lipinski definition) is 2. The fourth-order valence-electron chi connectivity index (χ4n) is 0.152. The number of carbonyl (C=O) groups is 1. The maximum atomic E-state index is 11.8. The third kappa shape index (κ3) is 1.88. The normalized spacial score (nSPS) is 14.0. The zero-order valence-electron chi connectivity index (χ0n) is 4.76. The Kier molecular flexibility index (Phi) is 2.41. The van der Waals surface area contributed by atoms with Gasteiger partial charge in [0.15, 0.2) is 0 Å². The molecular formula is C4H8FNO2. The van der Waals surface area contributed by atoms with Gasteiger partial charge in [-0.15, -0.1) is 9.60 Å². The van der Waals surface area contributed by atoms with Crippen molar-refractivity contribution in [1.29, 1.82) is 0 Å². The molecule has 0 aromatic carbocycles. The Bertz CT molecular complexity index is 94.0. The summed E-state index contributed by atoms with van der Waals surface area (Å²) in [7, 11) is 1.07. The molecule has 0 spiro atoms. The van der Waals surface area contributed by atoms with Gasteiger partial charge in [-0.2, -0.15) is 0 Å². The van der Waals surface area contributed by atoms with E-state index < -0.39 is 12.0 Å². The minimum atomic E-state index is -1.16. The maximum absolute atomic E-state index is 11.8. The molecule has 0 aliphatic heterocycles. The number of carboxylic acids is 1. The second-order valence-electron chi connectivity index (χ2n) is 1.54. The number of aliphatic carboxylic acids is 1. The molecule has 0 rings (SSSR count). The maximum Gasteiger partial charge on any atom is 0.323 e. The van der Waals surface area contributed by atoms with Crippen LogP contribution < -0.4 is 0 Å². The molecule has 0 aliphatic rings. The van der Waals surface area contributed by atoms with Crippen molar-refractivity contribution in [2.24, 2.45) is 0 Å². The Hall–Kier alpha value is -0.640. The minimum absolute atomic E-state index is 0.141. The Morgan fingerprint density at radius 3 is 2.25 bits per heavy atom. The lowest BCUT2D eigenvalue weighted by Crippen LogP contribution is -2.29. The van der Waals surface area contributed by atoms with E-state index in [4.69, 9.17) is 5.11 Å². The third-order valence-corrected chi connectivity index (χ3v) is 0.891. The molecule has 0 aromatic heterocycles. The molecule has 1 atom stereocenters. The van der Waals surface area contributed by atoms with Crippen LogP contribution in [-0.4, -0.2) is 29.3 Å². The van der Waals surface area contributed by atoms with Gasteiger partial charge in [-0.3, -0.25) is 4.79 Å². The standard InChI is InChI=1S/C4H8FNO2/c1-3(4(7)8)6(2)5/h3H,1-2H3,(H,7,8). The molecule has 48 valence electrons. The summed E-state index contributed by atoms with van der Waals surface area (Å²) in [5, 5.41) is 8.21. The van der Waals surface area contributed by atoms with Crippen LogP contribution >= 0.6 is 0 Å². The molecule has 0 fully saturated rings. The largest absolute Gasteiger partial charge is 0.480 e. The van der Waals surface area contributed by atoms with E-state index in [9.17, 15) is 9.28 Å². The fraction of sp³-hybridized carbons (Fsp3) is 0.750. The van der Waals surface area contributed by atoms with E-state index in [-0.39, 0.29) is 5.12 Å². The zero-order valence-corrected chi connectivity index (χ0v) is 4.76. The van der Waals surface area contributed by atoms with Crippen molar-refractivity contribution in [1.82, 2.24) is 5.12 Å². The highest BCUT2D eigenvalue weighted by Crippen LogP contribution is 1.93. The Balaban J connectivity index is 3.64. The van der Waals surface area contributed by atoms with Crippen LogP contribution in [0.25, 0.3) is 0 Å². The molecule has 1 unspecified atom stereocenters. The van der Waals surface area contributed by atoms with Crippen LogP contribution in [-0.2, 0) is 4.79 Å². The first kappa shape index (κ1) is 7.36. The predicted molar refractivity (Wildman–Crippen MR) is 26.0 cm³/mol. The second kappa shape index (κ2) is 2.61. The van der Waals surface area contributed by atoms with Crippen molar-refractivity contribution in [3.63, 3.8) is 0 Å². The lowest BCUT2D eigenvalue weighted by atomic mass is 10.4. The van der Waals surface area contributed by atoms with Crippen molar-refractivity contribution in [3.05, 3.63) is 0 Å². The van der Waals surface area contributed by atoms with Crippen molar-refractivity contribution < 1.29 is 14.4 Å². The van der Waals surface area contributed by atoms with Crippen molar-refractivity contribution in [2.45, 2.75) is 13.0 Å². The summed E-state index contributed by atoms with van der Waals surface area (Å²) in [5.41, 5.74) is 0. The van der Waals surface area contributed by atoms with Gasteiger partial charge in [-0.05, 0) is 6.92 Å². The summed E-state index contributed by atoms with van der Waals surface area (Å²) in [4.78, 5) is 9.86. The van der Waals surface area contributed by atoms with Gasteiger partial charge >= 0.3 is 5.97 Å². The Morgan fingerprint density at radius 2 is 2.25 bits per heavy atom. The van der Waals surface area contributed by atoms with Crippen LogP contribution in [0.2, 0.25) is 0 Å². The van der Waals surface area contributed by atoms with Crippen LogP contribution in [0.3, 0.4) is 0 Å². The molecule has 0 bridgehead atoms. The lowest BCUT2D eigenvalue weighted by molar-refractivity contribution is -0.148. The van der Waals surface area contributed by atoms with E-state index in [0.717, 1.165) is 7.05 Å². The van der Waals surface area contributed by atoms with Crippen molar-refractivity contribution in [3.8, 4) is 0 Å². The fourth-order valence-corrected chi connectivity index (χ4v) is 0.152. The zero-order chi connectivity index (χ0) is 6.73. The molecule has 0 saturated heterocycles. The average Bonchev–Trinajstić information content (AvgIpc) is 1.64. The quantitative estimate of drug-likeness (QED) is 0.533. The van der Waals surface area contributed by atoms with Crippen LogP contribution in [0.1, 0.15) is 6.92 Å². The average molecular weight is 121 g/mol. The molecule has 8 heavy (non-hydrogen) atoms. The van der Waals surface area contributed by atoms with E-state index in [0.29, 0.717) is 0 Å². The Morgan fingerprint density at radius 1 is 1.88 bits per heavy atom. The number of nitrogens with zero attached hydrogens (tertiary/aromatic N) is 1. The van der Waals surface area contributed by atoms with Crippen LogP contribution in [0.5, 0.6) is 0 Å². The van der Waals surface area contributed by atoms with Gasteiger partial charge in [0.2, 0.25) is 0 Å². The molecule has 0 radical (unpaired) electrons. The highest BCUT2D eigenvalue weighted by Gasteiger charge is 2.14. The summed E-state index contributed by atoms with van der Waals surface area (Å²) in [6, 6.07) is -1.05. The van der Waals surface area contributed by atoms with Gasteiger partial charge < -0.3 is 5.11 Å². The van der Waals surface area contributed by atoms with Gasteiger partial charge in [0.05, 0.1) is 0 Å². The monoisotopic (exact) mass is 121 g/mol. The number of rotatable bonds is 2. The smallest absolute Gasteiger partial charge is 0.323 e. The highest BCUT2D eigenvalue weighted by atomic mass is 19.2. The number of likely N-dealkylation sites (N-methyl/N-ethyl adjacent to an activating group) is 1. The first-order valence-corrected chi connectivity index (χ1v) is 2.17. The third-order valence-electron chi connectivity index (χ3n) is 0.891. The minimum Gasteiger partial charge on any atom is -0.480 e. The molecule has 4 heteroatoms. The summed E-state index contributed by atoms with van der Waals surface area (Å²) in [6.45, 7) is 1.27. The molecular weight excluding hydrogens is 113 g/mol. The molecule has 0 amide bonds. The van der Waals surface area contributed by atoms with Crippen molar-refractivity contribution in [2.75, 3.05) is 7.05 Å². The molecule has 3 nitrogen and oxygen atoms in total. The molecule has 0 saturated carbocycles. The number of hydrogen-bond donors (Lipinski definition) is 1. The molecule has 0 aliphatic carbocycles. The summed E-state index contributed by atoms with van der Waals surface area (Å²) < 4.78 is 11.8. The molecule has 1 N–H and O–H groups in total. The van der Waals surface area contributed by atoms with E-state index in [1.165, 1.54) is 6.92 Å². The van der Waals surface area contributed by atoms with E-state index in [2.05, 4.69) is 0 Å². The van der Waals surface area contributed by atoms with E-state index in [1.54, 1.807) is 0 Å². The van der Waals surface area contributed by atoms with Crippen LogP contribution in [0.15, 0.2) is 0 Å². The predicted octanol–water partition coefficient (Wildman–Crippen LogP) is 0.276. The number of carboxylic acid groups (broad SMARTS) is 1. The first-order chi connectivity index (χ1) is 3.55. The summed E-state index contributed by atoms with van der Waals surface area (Å²) >= 11 is 0. The SMILES string of the molecule is CC(C(=O)O)N(C)F. The van der Waals surface area contributed by atoms with Crippen LogP contribution in [0, 0.1) is 0 Å². The van der Waals surface area contributed by atoms with Crippen molar-refractivity contribution >= 4 is 5.97 Å². The lowest BCUT2D eigenvalue weighted by Gasteiger charge is -2.08. The highest BCUT2D eigenvalue weighted by molar-refractivity contribution is 5.72. The first-order valence-electron chi connectivity index (χ1n) is 2.17. The van der Waals surface area contributed by atoms with Gasteiger partial charge in [-0.25, -0.2) is 0 Å². The summed E-state index contributed by atoms with van der Waals surface area (Å²) in [5.74, 6) is -1.16. The topological polar surface area (TPSA) is 40.5 Å². The number of halogens is 1. The van der Waals surface area contributed by atoms with Crippen LogP contribution in [0.4, 0.5) is 4.48 Å². The van der Waals surface area contributed by atoms with Gasteiger partial charge in [0, 0.05) is 7.05 Å². The second-order valence-corrected chi connectivity index (χ2v) is 1.54. The molecule has 0 heterocycles. The van der Waals surface area contributed by atoms with E-state index >= 15 is 0 Å². The Labute approximate surface area is 46.7 Å².